The quantitative estimate of drug-likeness (QED) is 0.687. The molecule has 5 heteroatoms. The molecule has 0 bridgehead atoms. The van der Waals surface area contributed by atoms with Crippen molar-refractivity contribution in [2.24, 2.45) is 0 Å². The monoisotopic (exact) mass is 184 g/mol. The van der Waals surface area contributed by atoms with Gasteiger partial charge >= 0.3 is 0 Å². The van der Waals surface area contributed by atoms with Crippen LogP contribution >= 0.6 is 0 Å². The van der Waals surface area contributed by atoms with E-state index in [0.29, 0.717) is 12.3 Å². The maximum atomic E-state index is 10.7. The Kier molecular flexibility index (Phi) is 3.02. The van der Waals surface area contributed by atoms with E-state index < -0.39 is 12.5 Å². The zero-order valence-electron chi connectivity index (χ0n) is 7.63. The first-order valence-electron chi connectivity index (χ1n) is 3.94. The predicted octanol–water partition coefficient (Wildman–Crippen LogP) is -0.100. The normalized spacial score (nSPS) is 10.1. The summed E-state index contributed by atoms with van der Waals surface area (Å²) in [5.74, 6) is 0.288. The van der Waals surface area contributed by atoms with Gasteiger partial charge < -0.3 is 14.9 Å². The Bertz CT molecular complexity index is 287. The molecular formula is C8H12N2O3. The van der Waals surface area contributed by atoms with Crippen molar-refractivity contribution in [1.29, 1.82) is 0 Å². The lowest BCUT2D eigenvalue weighted by Crippen LogP contribution is -2.25. The zero-order valence-corrected chi connectivity index (χ0v) is 7.63. The maximum absolute atomic E-state index is 10.7. The van der Waals surface area contributed by atoms with Gasteiger partial charge in [-0.2, -0.15) is 0 Å². The van der Waals surface area contributed by atoms with Gasteiger partial charge in [0.15, 0.2) is 0 Å². The number of nitrogens with one attached hydrogen (secondary N) is 1. The number of amides is 1. The van der Waals surface area contributed by atoms with Gasteiger partial charge in [-0.3, -0.25) is 4.79 Å². The second-order valence-corrected chi connectivity index (χ2v) is 2.74. The number of aromatic nitrogens is 1. The Morgan fingerprint density at radius 3 is 2.77 bits per heavy atom. The highest BCUT2D eigenvalue weighted by atomic mass is 16.5. The number of hydrogen-bond acceptors (Lipinski definition) is 4. The van der Waals surface area contributed by atoms with Gasteiger partial charge in [0, 0.05) is 12.1 Å². The Hall–Kier alpha value is -1.36. The van der Waals surface area contributed by atoms with Gasteiger partial charge in [0.2, 0.25) is 5.91 Å². The van der Waals surface area contributed by atoms with E-state index in [2.05, 4.69) is 10.5 Å². The van der Waals surface area contributed by atoms with Crippen molar-refractivity contribution in [3.05, 3.63) is 17.0 Å². The van der Waals surface area contributed by atoms with Crippen LogP contribution in [0.25, 0.3) is 0 Å². The van der Waals surface area contributed by atoms with Crippen molar-refractivity contribution in [3.8, 4) is 0 Å². The lowest BCUT2D eigenvalue weighted by atomic mass is 10.2. The minimum atomic E-state index is -0.497. The number of aliphatic hydroxyl groups excluding tert-OH is 1. The fraction of sp³-hybridized carbons (Fsp3) is 0.500. The van der Waals surface area contributed by atoms with E-state index in [9.17, 15) is 4.79 Å². The van der Waals surface area contributed by atoms with Crippen LogP contribution in [0.5, 0.6) is 0 Å². The fourth-order valence-corrected chi connectivity index (χ4v) is 0.997. The molecule has 1 aromatic heterocycles. The lowest BCUT2D eigenvalue weighted by molar-refractivity contribution is -0.123. The molecule has 1 heterocycles. The standard InChI is InChI=1S/C8H12N2O3/c1-5-7(6(2)13-10-5)3-9-8(12)4-11/h11H,3-4H2,1-2H3,(H,9,12). The van der Waals surface area contributed by atoms with Crippen LogP contribution < -0.4 is 5.32 Å². The summed E-state index contributed by atoms with van der Waals surface area (Å²) < 4.78 is 4.90. The van der Waals surface area contributed by atoms with Crippen LogP contribution in [0.2, 0.25) is 0 Å². The molecule has 13 heavy (non-hydrogen) atoms. The summed E-state index contributed by atoms with van der Waals surface area (Å²) in [4.78, 5) is 10.7. The summed E-state index contributed by atoms with van der Waals surface area (Å²) in [6, 6.07) is 0. The molecule has 1 aromatic rings. The maximum Gasteiger partial charge on any atom is 0.245 e. The molecule has 0 aliphatic rings. The molecule has 2 N–H and O–H groups in total. The summed E-state index contributed by atoms with van der Waals surface area (Å²) in [6.07, 6.45) is 0. The van der Waals surface area contributed by atoms with Crippen molar-refractivity contribution in [3.63, 3.8) is 0 Å². The minimum absolute atomic E-state index is 0.348. The highest BCUT2D eigenvalue weighted by molar-refractivity contribution is 5.76. The molecule has 0 fully saturated rings. The van der Waals surface area contributed by atoms with E-state index in [1.807, 2.05) is 0 Å². The average Bonchev–Trinajstić information content (AvgIpc) is 2.43. The third kappa shape index (κ3) is 2.29. The molecule has 1 rings (SSSR count). The van der Waals surface area contributed by atoms with Crippen LogP contribution in [-0.2, 0) is 11.3 Å². The van der Waals surface area contributed by atoms with Crippen molar-refractivity contribution in [2.75, 3.05) is 6.61 Å². The van der Waals surface area contributed by atoms with Crippen LogP contribution in [0.3, 0.4) is 0 Å². The topological polar surface area (TPSA) is 75.4 Å². The summed E-state index contributed by atoms with van der Waals surface area (Å²) in [5.41, 5.74) is 1.62. The van der Waals surface area contributed by atoms with Crippen LogP contribution in [0.4, 0.5) is 0 Å². The fourth-order valence-electron chi connectivity index (χ4n) is 0.997. The summed E-state index contributed by atoms with van der Waals surface area (Å²) in [5, 5.41) is 14.7. The van der Waals surface area contributed by atoms with Gasteiger partial charge in [-0.1, -0.05) is 5.16 Å². The second-order valence-electron chi connectivity index (χ2n) is 2.74. The van der Waals surface area contributed by atoms with Crippen LogP contribution in [0.15, 0.2) is 4.52 Å². The van der Waals surface area contributed by atoms with E-state index >= 15 is 0 Å². The first-order valence-corrected chi connectivity index (χ1v) is 3.94. The Labute approximate surface area is 75.7 Å². The number of hydrogen-bond donors (Lipinski definition) is 2. The summed E-state index contributed by atoms with van der Waals surface area (Å²) in [7, 11) is 0. The highest BCUT2D eigenvalue weighted by Crippen LogP contribution is 2.10. The third-order valence-corrected chi connectivity index (χ3v) is 1.79. The van der Waals surface area contributed by atoms with Gasteiger partial charge in [0.25, 0.3) is 0 Å². The predicted molar refractivity (Wildman–Crippen MR) is 44.9 cm³/mol. The van der Waals surface area contributed by atoms with Gasteiger partial charge in [-0.05, 0) is 13.8 Å². The van der Waals surface area contributed by atoms with Gasteiger partial charge in [0.1, 0.15) is 12.4 Å². The number of nitrogens with zero attached hydrogens (tertiary/aromatic N) is 1. The zero-order chi connectivity index (χ0) is 9.84. The molecule has 0 saturated carbocycles. The van der Waals surface area contributed by atoms with Crippen LogP contribution in [0.1, 0.15) is 17.0 Å². The van der Waals surface area contributed by atoms with E-state index in [-0.39, 0.29) is 0 Å². The van der Waals surface area contributed by atoms with Crippen LogP contribution in [-0.4, -0.2) is 22.8 Å². The molecule has 0 unspecified atom stereocenters. The first-order chi connectivity index (χ1) is 6.15. The largest absolute Gasteiger partial charge is 0.387 e. The Morgan fingerprint density at radius 1 is 1.62 bits per heavy atom. The number of aryl methyl sites for hydroxylation is 2. The number of aliphatic hydroxyl groups is 1. The van der Waals surface area contributed by atoms with E-state index in [1.165, 1.54) is 0 Å². The summed E-state index contributed by atoms with van der Waals surface area (Å²) >= 11 is 0. The van der Waals surface area contributed by atoms with E-state index in [0.717, 1.165) is 11.3 Å². The molecule has 72 valence electrons. The highest BCUT2D eigenvalue weighted by Gasteiger charge is 2.09. The number of carbonyl (C=O) groups is 1. The molecule has 0 aliphatic carbocycles. The molecule has 0 aromatic carbocycles. The van der Waals surface area contributed by atoms with Gasteiger partial charge in [-0.25, -0.2) is 0 Å². The van der Waals surface area contributed by atoms with Crippen LogP contribution in [0, 0.1) is 13.8 Å². The average molecular weight is 184 g/mol. The van der Waals surface area contributed by atoms with Crippen molar-refractivity contribution < 1.29 is 14.4 Å². The SMILES string of the molecule is Cc1noc(C)c1CNC(=O)CO. The molecule has 5 nitrogen and oxygen atoms in total. The molecule has 0 spiro atoms. The third-order valence-electron chi connectivity index (χ3n) is 1.79. The first kappa shape index (κ1) is 9.73. The molecule has 0 aliphatic heterocycles. The molecule has 0 atom stereocenters. The number of carbonyl (C=O) groups excluding carboxylic acids is 1. The number of rotatable bonds is 3. The van der Waals surface area contributed by atoms with Crippen molar-refractivity contribution >= 4 is 5.91 Å². The summed E-state index contributed by atoms with van der Waals surface area (Å²) in [6.45, 7) is 3.43. The lowest BCUT2D eigenvalue weighted by Gasteiger charge is -2.01. The Balaban J connectivity index is 2.58. The smallest absolute Gasteiger partial charge is 0.245 e. The molecule has 0 radical (unpaired) electrons. The van der Waals surface area contributed by atoms with Crippen molar-refractivity contribution in [2.45, 2.75) is 20.4 Å². The Morgan fingerprint density at radius 2 is 2.31 bits per heavy atom. The molecule has 0 saturated heterocycles. The van der Waals surface area contributed by atoms with E-state index in [4.69, 9.17) is 9.63 Å². The van der Waals surface area contributed by atoms with Gasteiger partial charge in [-0.15, -0.1) is 0 Å². The van der Waals surface area contributed by atoms with Crippen molar-refractivity contribution in [1.82, 2.24) is 10.5 Å². The molecule has 1 amide bonds. The van der Waals surface area contributed by atoms with Gasteiger partial charge in [0.05, 0.1) is 5.69 Å². The van der Waals surface area contributed by atoms with E-state index in [1.54, 1.807) is 13.8 Å². The second kappa shape index (κ2) is 4.04. The molecular weight excluding hydrogens is 172 g/mol. The minimum Gasteiger partial charge on any atom is -0.387 e.